The molecule has 0 aromatic rings. The summed E-state index contributed by atoms with van der Waals surface area (Å²) in [6.45, 7) is 9.20. The first-order chi connectivity index (χ1) is 10.4. The number of Topliss-reactive ketones (excluding diaryl/α,β-unsaturated/α-hetero) is 1. The highest BCUT2D eigenvalue weighted by Gasteiger charge is 2.66. The zero-order valence-electron chi connectivity index (χ0n) is 14.2. The summed E-state index contributed by atoms with van der Waals surface area (Å²) in [5.74, 6) is 2.05. The van der Waals surface area contributed by atoms with Crippen LogP contribution in [0.2, 0.25) is 0 Å². The quantitative estimate of drug-likeness (QED) is 0.740. The Morgan fingerprint density at radius 1 is 1.23 bits per heavy atom. The number of aliphatic hydroxyl groups is 1. The minimum Gasteiger partial charge on any atom is -0.396 e. The summed E-state index contributed by atoms with van der Waals surface area (Å²) in [7, 11) is 0. The maximum atomic E-state index is 13.2. The van der Waals surface area contributed by atoms with E-state index in [0.717, 1.165) is 19.3 Å². The third kappa shape index (κ3) is 1.63. The van der Waals surface area contributed by atoms with Gasteiger partial charge in [0, 0.05) is 18.4 Å². The molecule has 0 aromatic carbocycles. The van der Waals surface area contributed by atoms with E-state index in [1.165, 1.54) is 31.3 Å². The van der Waals surface area contributed by atoms with Crippen molar-refractivity contribution in [3.8, 4) is 0 Å². The lowest BCUT2D eigenvalue weighted by Gasteiger charge is -2.67. The second-order valence-electron chi connectivity index (χ2n) is 9.37. The Morgan fingerprint density at radius 3 is 2.68 bits per heavy atom. The van der Waals surface area contributed by atoms with E-state index >= 15 is 0 Å². The van der Waals surface area contributed by atoms with Gasteiger partial charge < -0.3 is 5.11 Å². The summed E-state index contributed by atoms with van der Waals surface area (Å²) in [4.78, 5) is 13.2. The Labute approximate surface area is 134 Å². The summed E-state index contributed by atoms with van der Waals surface area (Å²) in [5, 5.41) is 10.0. The zero-order valence-corrected chi connectivity index (χ0v) is 14.2. The average Bonchev–Trinajstić information content (AvgIpc) is 2.50. The normalized spacial score (nSPS) is 54.0. The van der Waals surface area contributed by atoms with Crippen LogP contribution in [0.15, 0.2) is 12.2 Å². The van der Waals surface area contributed by atoms with E-state index in [-0.39, 0.29) is 22.9 Å². The molecule has 2 bridgehead atoms. The molecule has 1 spiro atoms. The van der Waals surface area contributed by atoms with E-state index in [2.05, 4.69) is 20.4 Å². The first-order valence-corrected chi connectivity index (χ1v) is 9.18. The van der Waals surface area contributed by atoms with E-state index < -0.39 is 0 Å². The van der Waals surface area contributed by atoms with Gasteiger partial charge in [0.05, 0.1) is 0 Å². The third-order valence-corrected chi connectivity index (χ3v) is 8.45. The predicted octanol–water partition coefficient (Wildman–Crippen LogP) is 4.13. The molecule has 0 saturated heterocycles. The Balaban J connectivity index is 1.80. The Kier molecular flexibility index (Phi) is 3.03. The molecular formula is C20H30O2. The highest BCUT2D eigenvalue weighted by atomic mass is 16.3. The number of fused-ring (bicyclic) bond motifs is 3. The first kappa shape index (κ1) is 14.9. The lowest BCUT2D eigenvalue weighted by atomic mass is 9.36. The van der Waals surface area contributed by atoms with Crippen LogP contribution < -0.4 is 0 Å². The zero-order chi connectivity index (χ0) is 15.8. The maximum Gasteiger partial charge on any atom is 0.139 e. The average molecular weight is 302 g/mol. The summed E-state index contributed by atoms with van der Waals surface area (Å²) < 4.78 is 0. The van der Waals surface area contributed by atoms with Gasteiger partial charge in [-0.25, -0.2) is 0 Å². The monoisotopic (exact) mass is 302 g/mol. The number of hydrogen-bond acceptors (Lipinski definition) is 2. The van der Waals surface area contributed by atoms with Gasteiger partial charge in [0.15, 0.2) is 0 Å². The standard InChI is InChI=1S/C20H30O2/c1-13-11-20-8-5-14(13)9-16(20)19(3)7-4-6-18(2,12-21)15(19)10-17(20)22/h14-16,21H,1,4-12H2,2-3H3/t14-,15+,16-,18-,19+,20+/m0/s1. The maximum absolute atomic E-state index is 13.2. The molecule has 1 N–H and O–H groups in total. The number of carbonyl (C=O) groups excluding carboxylic acids is 1. The molecule has 5 aliphatic carbocycles. The van der Waals surface area contributed by atoms with Crippen molar-refractivity contribution < 1.29 is 9.90 Å². The van der Waals surface area contributed by atoms with Gasteiger partial charge in [-0.2, -0.15) is 0 Å². The summed E-state index contributed by atoms with van der Waals surface area (Å²) in [6, 6.07) is 0. The van der Waals surface area contributed by atoms with E-state index in [9.17, 15) is 9.90 Å². The number of rotatable bonds is 1. The fourth-order valence-electron chi connectivity index (χ4n) is 7.19. The number of aliphatic hydroxyl groups excluding tert-OH is 1. The summed E-state index contributed by atoms with van der Waals surface area (Å²) in [6.07, 6.45) is 8.63. The molecule has 0 unspecified atom stereocenters. The number of ketones is 1. The molecule has 5 fully saturated rings. The third-order valence-electron chi connectivity index (χ3n) is 8.45. The van der Waals surface area contributed by atoms with Crippen molar-refractivity contribution in [2.24, 2.45) is 34.0 Å². The highest BCUT2D eigenvalue weighted by Crippen LogP contribution is 2.70. The van der Waals surface area contributed by atoms with Crippen LogP contribution >= 0.6 is 0 Å². The van der Waals surface area contributed by atoms with Gasteiger partial charge in [-0.3, -0.25) is 4.79 Å². The van der Waals surface area contributed by atoms with Crippen LogP contribution in [0.4, 0.5) is 0 Å². The molecule has 6 atom stereocenters. The largest absolute Gasteiger partial charge is 0.396 e. The predicted molar refractivity (Wildman–Crippen MR) is 87.3 cm³/mol. The molecule has 2 nitrogen and oxygen atoms in total. The molecule has 122 valence electrons. The summed E-state index contributed by atoms with van der Waals surface area (Å²) >= 11 is 0. The first-order valence-electron chi connectivity index (χ1n) is 9.18. The molecule has 0 amide bonds. The van der Waals surface area contributed by atoms with Crippen LogP contribution in [0.5, 0.6) is 0 Å². The minimum atomic E-state index is -0.0925. The molecule has 5 rings (SSSR count). The van der Waals surface area contributed by atoms with Crippen molar-refractivity contribution in [2.75, 3.05) is 6.61 Å². The van der Waals surface area contributed by atoms with Crippen molar-refractivity contribution >= 4 is 5.78 Å². The van der Waals surface area contributed by atoms with Crippen molar-refractivity contribution in [1.29, 1.82) is 0 Å². The van der Waals surface area contributed by atoms with Gasteiger partial charge in [0.2, 0.25) is 0 Å². The smallest absolute Gasteiger partial charge is 0.139 e. The van der Waals surface area contributed by atoms with Crippen LogP contribution in [0.25, 0.3) is 0 Å². The van der Waals surface area contributed by atoms with Gasteiger partial charge in [-0.15, -0.1) is 0 Å². The van der Waals surface area contributed by atoms with Crippen molar-refractivity contribution in [2.45, 2.75) is 65.2 Å². The summed E-state index contributed by atoms with van der Waals surface area (Å²) in [5.41, 5.74) is 1.44. The van der Waals surface area contributed by atoms with Gasteiger partial charge in [0.1, 0.15) is 5.78 Å². The molecule has 22 heavy (non-hydrogen) atoms. The Bertz CT molecular complexity index is 538. The van der Waals surface area contributed by atoms with E-state index in [0.29, 0.717) is 30.0 Å². The molecule has 2 heteroatoms. The molecule has 0 heterocycles. The minimum absolute atomic E-state index is 0.0576. The molecule has 0 aliphatic heterocycles. The van der Waals surface area contributed by atoms with Gasteiger partial charge >= 0.3 is 0 Å². The highest BCUT2D eigenvalue weighted by molar-refractivity contribution is 5.87. The molecule has 0 radical (unpaired) electrons. The molecule has 0 aromatic heterocycles. The van der Waals surface area contributed by atoms with E-state index in [1.54, 1.807) is 0 Å². The van der Waals surface area contributed by atoms with Crippen LogP contribution in [-0.4, -0.2) is 17.5 Å². The Hall–Kier alpha value is -0.630. The lowest BCUT2D eigenvalue weighted by Crippen LogP contribution is -2.63. The number of carbonyl (C=O) groups is 1. The van der Waals surface area contributed by atoms with Gasteiger partial charge in [-0.1, -0.05) is 32.4 Å². The van der Waals surface area contributed by atoms with E-state index in [4.69, 9.17) is 0 Å². The fraction of sp³-hybridized carbons (Fsp3) is 0.850. The van der Waals surface area contributed by atoms with E-state index in [1.807, 2.05) is 0 Å². The van der Waals surface area contributed by atoms with Crippen LogP contribution in [0, 0.1) is 34.0 Å². The van der Waals surface area contributed by atoms with Gasteiger partial charge in [0.25, 0.3) is 0 Å². The van der Waals surface area contributed by atoms with Crippen LogP contribution in [0.1, 0.15) is 65.2 Å². The lowest BCUT2D eigenvalue weighted by molar-refractivity contribution is -0.186. The molecular weight excluding hydrogens is 272 g/mol. The van der Waals surface area contributed by atoms with Crippen molar-refractivity contribution in [1.82, 2.24) is 0 Å². The number of hydrogen-bond donors (Lipinski definition) is 1. The van der Waals surface area contributed by atoms with Crippen LogP contribution in [0.3, 0.4) is 0 Å². The molecule has 5 saturated carbocycles. The van der Waals surface area contributed by atoms with Gasteiger partial charge in [-0.05, 0) is 67.1 Å². The second-order valence-corrected chi connectivity index (χ2v) is 9.37. The van der Waals surface area contributed by atoms with Crippen molar-refractivity contribution in [3.63, 3.8) is 0 Å². The molecule has 5 aliphatic rings. The topological polar surface area (TPSA) is 37.3 Å². The SMILES string of the molecule is C=C1C[C@]23CC[C@H]1C[C@H]2[C@]1(C)CCC[C@@](C)(CO)[C@H]1CC3=O. The second kappa shape index (κ2) is 4.47. The fourth-order valence-corrected chi connectivity index (χ4v) is 7.19. The van der Waals surface area contributed by atoms with Crippen molar-refractivity contribution in [3.05, 3.63) is 12.2 Å². The number of allylic oxidation sites excluding steroid dienone is 1. The van der Waals surface area contributed by atoms with Crippen LogP contribution in [-0.2, 0) is 4.79 Å². The Morgan fingerprint density at radius 2 is 2.00 bits per heavy atom.